The second-order valence-electron chi connectivity index (χ2n) is 8.67. The number of hydrogen-bond donors (Lipinski definition) is 1. The van der Waals surface area contributed by atoms with E-state index in [1.165, 1.54) is 41.0 Å². The van der Waals surface area contributed by atoms with Gasteiger partial charge in [-0.05, 0) is 49.9 Å². The molecule has 0 amide bonds. The van der Waals surface area contributed by atoms with E-state index < -0.39 is 0 Å². The van der Waals surface area contributed by atoms with Crippen LogP contribution in [0.25, 0.3) is 10.2 Å². The number of hydrogen-bond acceptors (Lipinski definition) is 7. The van der Waals surface area contributed by atoms with Gasteiger partial charge in [0.15, 0.2) is 0 Å². The van der Waals surface area contributed by atoms with E-state index in [0.717, 1.165) is 61.7 Å². The molecule has 164 valence electrons. The number of fused-ring (bicyclic) bond motifs is 3. The zero-order chi connectivity index (χ0) is 21.2. The van der Waals surface area contributed by atoms with Gasteiger partial charge >= 0.3 is 0 Å². The van der Waals surface area contributed by atoms with Crippen LogP contribution in [-0.2, 0) is 30.7 Å². The fraction of sp³-hybridized carbons (Fsp3) is 0.500. The Labute approximate surface area is 188 Å². The van der Waals surface area contributed by atoms with Crippen LogP contribution in [0.15, 0.2) is 24.3 Å². The maximum absolute atomic E-state index is 6.45. The van der Waals surface area contributed by atoms with E-state index in [1.807, 2.05) is 11.3 Å². The molecule has 31 heavy (non-hydrogen) atoms. The van der Waals surface area contributed by atoms with E-state index in [1.54, 1.807) is 0 Å². The summed E-state index contributed by atoms with van der Waals surface area (Å²) in [6.07, 6.45) is 6.08. The van der Waals surface area contributed by atoms with Gasteiger partial charge in [0.1, 0.15) is 16.5 Å². The predicted octanol–water partition coefficient (Wildman–Crippen LogP) is 4.01. The average Bonchev–Trinajstić information content (AvgIpc) is 2.96. The third-order valence-electron chi connectivity index (χ3n) is 6.33. The first kappa shape index (κ1) is 20.7. The number of aromatic nitrogens is 2. The highest BCUT2D eigenvalue weighted by Crippen LogP contribution is 2.37. The number of ether oxygens (including phenoxy) is 1. The Bertz CT molecular complexity index is 1060. The summed E-state index contributed by atoms with van der Waals surface area (Å²) >= 11 is 1.83. The summed E-state index contributed by atoms with van der Waals surface area (Å²) in [4.78, 5) is 16.9. The summed E-state index contributed by atoms with van der Waals surface area (Å²) in [6.45, 7) is 5.00. The minimum absolute atomic E-state index is 0.654. The van der Waals surface area contributed by atoms with Gasteiger partial charge in [-0.1, -0.05) is 24.6 Å². The fourth-order valence-electron chi connectivity index (χ4n) is 4.82. The first-order valence-corrected chi connectivity index (χ1v) is 12.2. The Kier molecular flexibility index (Phi) is 6.07. The summed E-state index contributed by atoms with van der Waals surface area (Å²) in [6, 6.07) is 8.67. The molecule has 2 aromatic heterocycles. The van der Waals surface area contributed by atoms with Crippen LogP contribution in [0.2, 0.25) is 0 Å². The number of benzene rings is 1. The first-order valence-electron chi connectivity index (χ1n) is 11.3. The molecule has 2 aliphatic rings. The molecular formula is C24H31N5OS. The maximum atomic E-state index is 6.45. The zero-order valence-electron chi connectivity index (χ0n) is 18.3. The van der Waals surface area contributed by atoms with Crippen LogP contribution in [0.3, 0.4) is 0 Å². The predicted molar refractivity (Wildman–Crippen MR) is 128 cm³/mol. The van der Waals surface area contributed by atoms with Crippen molar-refractivity contribution < 1.29 is 4.74 Å². The van der Waals surface area contributed by atoms with Crippen LogP contribution in [0.4, 0.5) is 11.5 Å². The quantitative estimate of drug-likeness (QED) is 0.609. The van der Waals surface area contributed by atoms with Crippen LogP contribution in [0.5, 0.6) is 0 Å². The van der Waals surface area contributed by atoms with Crippen molar-refractivity contribution in [1.82, 2.24) is 14.9 Å². The number of nitrogens with zero attached hydrogens (tertiary/aromatic N) is 4. The van der Waals surface area contributed by atoms with Gasteiger partial charge in [-0.3, -0.25) is 4.90 Å². The van der Waals surface area contributed by atoms with Gasteiger partial charge in [0.05, 0.1) is 25.1 Å². The lowest BCUT2D eigenvalue weighted by Gasteiger charge is -2.31. The molecule has 1 aromatic carbocycles. The van der Waals surface area contributed by atoms with Crippen molar-refractivity contribution in [2.75, 3.05) is 44.0 Å². The molecule has 5 rings (SSSR count). The molecule has 1 aliphatic carbocycles. The molecule has 1 fully saturated rings. The molecule has 2 N–H and O–H groups in total. The van der Waals surface area contributed by atoms with Crippen LogP contribution in [0.1, 0.15) is 41.1 Å². The van der Waals surface area contributed by atoms with Gasteiger partial charge in [0.25, 0.3) is 0 Å². The minimum Gasteiger partial charge on any atom is -0.383 e. The minimum atomic E-state index is 0.654. The van der Waals surface area contributed by atoms with Gasteiger partial charge in [-0.2, -0.15) is 0 Å². The Hall–Kier alpha value is -2.22. The van der Waals surface area contributed by atoms with Gasteiger partial charge < -0.3 is 15.4 Å². The number of nitrogens with two attached hydrogens (primary N) is 1. The molecule has 0 saturated carbocycles. The molecule has 1 aliphatic heterocycles. The third kappa shape index (κ3) is 4.40. The number of aryl methyl sites for hydroxylation is 2. The summed E-state index contributed by atoms with van der Waals surface area (Å²) < 4.78 is 5.53. The van der Waals surface area contributed by atoms with Crippen molar-refractivity contribution in [3.05, 3.63) is 46.1 Å². The Morgan fingerprint density at radius 1 is 1.06 bits per heavy atom. The summed E-state index contributed by atoms with van der Waals surface area (Å²) in [5, 5.41) is 1.12. The van der Waals surface area contributed by atoms with Crippen molar-refractivity contribution in [3.63, 3.8) is 0 Å². The maximum Gasteiger partial charge on any atom is 0.146 e. The Morgan fingerprint density at radius 2 is 1.87 bits per heavy atom. The summed E-state index contributed by atoms with van der Waals surface area (Å²) in [5.74, 6) is 1.47. The van der Waals surface area contributed by atoms with Gasteiger partial charge in [0, 0.05) is 30.2 Å². The molecule has 1 saturated heterocycles. The lowest BCUT2D eigenvalue weighted by atomic mass is 10.1. The highest BCUT2D eigenvalue weighted by atomic mass is 32.1. The third-order valence-corrected chi connectivity index (χ3v) is 7.52. The van der Waals surface area contributed by atoms with E-state index in [0.29, 0.717) is 12.4 Å². The van der Waals surface area contributed by atoms with Gasteiger partial charge in [0.2, 0.25) is 0 Å². The van der Waals surface area contributed by atoms with Crippen molar-refractivity contribution in [3.8, 4) is 0 Å². The number of para-hydroxylation sites is 1. The van der Waals surface area contributed by atoms with E-state index in [-0.39, 0.29) is 0 Å². The van der Waals surface area contributed by atoms with Crippen molar-refractivity contribution in [2.24, 2.45) is 0 Å². The summed E-state index contributed by atoms with van der Waals surface area (Å²) in [5.41, 5.74) is 10.5. The molecule has 3 aromatic rings. The lowest BCUT2D eigenvalue weighted by molar-refractivity contribution is 0.122. The zero-order valence-corrected chi connectivity index (χ0v) is 19.1. The Morgan fingerprint density at radius 3 is 2.74 bits per heavy atom. The normalized spacial score (nSPS) is 17.2. The molecule has 0 atom stereocenters. The molecule has 0 bridgehead atoms. The largest absolute Gasteiger partial charge is 0.383 e. The number of anilines is 2. The smallest absolute Gasteiger partial charge is 0.146 e. The monoisotopic (exact) mass is 437 g/mol. The Balaban J connectivity index is 1.35. The highest BCUT2D eigenvalue weighted by Gasteiger charge is 2.20. The van der Waals surface area contributed by atoms with Crippen molar-refractivity contribution >= 4 is 33.1 Å². The van der Waals surface area contributed by atoms with Gasteiger partial charge in [-0.25, -0.2) is 9.97 Å². The topological polar surface area (TPSA) is 67.5 Å². The molecular weight excluding hydrogens is 406 g/mol. The first-order chi connectivity index (χ1) is 15.2. The van der Waals surface area contributed by atoms with E-state index in [9.17, 15) is 0 Å². The fourth-order valence-corrected chi connectivity index (χ4v) is 6.11. The van der Waals surface area contributed by atoms with Crippen LogP contribution in [-0.4, -0.2) is 48.2 Å². The van der Waals surface area contributed by atoms with Crippen LogP contribution >= 0.6 is 11.3 Å². The summed E-state index contributed by atoms with van der Waals surface area (Å²) in [7, 11) is 2.13. The highest BCUT2D eigenvalue weighted by molar-refractivity contribution is 7.19. The molecule has 7 heteroatoms. The van der Waals surface area contributed by atoms with E-state index in [2.05, 4.69) is 41.1 Å². The number of rotatable bonds is 5. The van der Waals surface area contributed by atoms with Crippen molar-refractivity contribution in [1.29, 1.82) is 0 Å². The SMILES string of the molecule is CN(Cc1nc(N)c2c3c(sc2n1)CCCCC3)Cc1ccccc1N1CCOCC1. The molecule has 6 nitrogen and oxygen atoms in total. The molecule has 0 spiro atoms. The van der Waals surface area contributed by atoms with Crippen LogP contribution in [0, 0.1) is 0 Å². The molecule has 0 unspecified atom stereocenters. The number of morpholine rings is 1. The lowest BCUT2D eigenvalue weighted by Crippen LogP contribution is -2.37. The van der Waals surface area contributed by atoms with Crippen molar-refractivity contribution in [2.45, 2.75) is 45.2 Å². The van der Waals surface area contributed by atoms with Gasteiger partial charge in [-0.15, -0.1) is 11.3 Å². The molecule has 3 heterocycles. The van der Waals surface area contributed by atoms with Crippen LogP contribution < -0.4 is 10.6 Å². The standard InChI is InChI=1S/C24H31N5OS/c1-28(15-17-7-5-6-9-19(17)29-11-13-30-14-12-29)16-21-26-23(25)22-18-8-3-2-4-10-20(18)31-24(22)27-21/h5-7,9H,2-4,8,10-16H2,1H3,(H2,25,26,27). The molecule has 0 radical (unpaired) electrons. The second-order valence-corrected chi connectivity index (χ2v) is 9.75. The number of thiophene rings is 1. The van der Waals surface area contributed by atoms with E-state index in [4.69, 9.17) is 20.4 Å². The van der Waals surface area contributed by atoms with E-state index >= 15 is 0 Å². The number of nitrogen functional groups attached to an aromatic ring is 1. The average molecular weight is 438 g/mol. The second kappa shape index (κ2) is 9.10.